The van der Waals surface area contributed by atoms with Crippen LogP contribution in [0, 0.1) is 0 Å². The summed E-state index contributed by atoms with van der Waals surface area (Å²) in [6.07, 6.45) is 7.18. The molecule has 0 radical (unpaired) electrons. The lowest BCUT2D eigenvalue weighted by Gasteiger charge is -2.34. The van der Waals surface area contributed by atoms with Crippen molar-refractivity contribution in [2.24, 2.45) is 5.73 Å². The zero-order chi connectivity index (χ0) is 18.4. The average Bonchev–Trinajstić information content (AvgIpc) is 2.22. The fourth-order valence-electron chi connectivity index (χ4n) is 3.09. The number of nitrogens with zero attached hydrogens (tertiary/aromatic N) is 3. The van der Waals surface area contributed by atoms with E-state index in [1.807, 2.05) is 0 Å². The van der Waals surface area contributed by atoms with Crippen LogP contribution in [0.5, 0.6) is 0 Å². The first kappa shape index (κ1) is 22.8. The van der Waals surface area contributed by atoms with Gasteiger partial charge in [-0.2, -0.15) is 0 Å². The van der Waals surface area contributed by atoms with Gasteiger partial charge in [-0.25, -0.2) is 0 Å². The fraction of sp³-hybridized carbons (Fsp3) is 1.00. The summed E-state index contributed by atoms with van der Waals surface area (Å²) in [7, 11) is 20.4. The first-order chi connectivity index (χ1) is 10.1. The van der Waals surface area contributed by atoms with Gasteiger partial charge < -0.3 is 19.2 Å². The molecular weight excluding hydrogens is 284 g/mol. The quantitative estimate of drug-likeness (QED) is 0.545. The maximum atomic E-state index is 6.87. The summed E-state index contributed by atoms with van der Waals surface area (Å²) in [5, 5.41) is 0. The second kappa shape index (κ2) is 8.80. The standard InChI is InChI=1S/C19H47N4/c1-21(2,3)16-10-13-19(20,14-11-17-22(4,5)6)15-12-18-23(7,8)9/h10-18,20H2,1-9H3/q+3. The maximum absolute atomic E-state index is 6.87. The van der Waals surface area contributed by atoms with E-state index < -0.39 is 0 Å². The highest BCUT2D eigenvalue weighted by Gasteiger charge is 2.27. The molecule has 0 aliphatic rings. The van der Waals surface area contributed by atoms with Crippen molar-refractivity contribution in [2.75, 3.05) is 83.1 Å². The lowest BCUT2D eigenvalue weighted by Crippen LogP contribution is -2.45. The smallest absolute Gasteiger partial charge is 0.0781 e. The molecule has 0 aliphatic heterocycles. The first-order valence-electron chi connectivity index (χ1n) is 9.32. The zero-order valence-corrected chi connectivity index (χ0v) is 17.8. The Morgan fingerprint density at radius 2 is 0.739 bits per heavy atom. The third-order valence-corrected chi connectivity index (χ3v) is 4.51. The van der Waals surface area contributed by atoms with Gasteiger partial charge in [0.05, 0.1) is 83.1 Å². The van der Waals surface area contributed by atoms with Crippen LogP contribution in [-0.2, 0) is 0 Å². The SMILES string of the molecule is C[N+](C)(C)CCCC(N)(CCC[N+](C)(C)C)CCC[N+](C)(C)C. The first-order valence-corrected chi connectivity index (χ1v) is 9.32. The predicted octanol–water partition coefficient (Wildman–Crippen LogP) is 2.14. The Labute approximate surface area is 147 Å². The number of nitrogens with two attached hydrogens (primary N) is 1. The molecular formula is C19H47N4+3. The Morgan fingerprint density at radius 1 is 0.522 bits per heavy atom. The van der Waals surface area contributed by atoms with Crippen LogP contribution in [0.4, 0.5) is 0 Å². The molecule has 0 saturated carbocycles. The van der Waals surface area contributed by atoms with Crippen molar-refractivity contribution >= 4 is 0 Å². The topological polar surface area (TPSA) is 26.0 Å². The second-order valence-corrected chi connectivity index (χ2v) is 10.7. The van der Waals surface area contributed by atoms with Crippen LogP contribution in [0.25, 0.3) is 0 Å². The summed E-state index contributed by atoms with van der Waals surface area (Å²) in [5.74, 6) is 0. The van der Waals surface area contributed by atoms with Crippen LogP contribution >= 0.6 is 0 Å². The molecule has 0 aromatic heterocycles. The molecule has 0 amide bonds. The molecule has 0 aromatic rings. The normalized spacial score (nSPS) is 14.3. The van der Waals surface area contributed by atoms with E-state index in [2.05, 4.69) is 63.4 Å². The maximum Gasteiger partial charge on any atom is 0.0781 e. The van der Waals surface area contributed by atoms with Crippen molar-refractivity contribution in [2.45, 2.75) is 44.1 Å². The summed E-state index contributed by atoms with van der Waals surface area (Å²) in [6, 6.07) is 0. The van der Waals surface area contributed by atoms with Crippen molar-refractivity contribution in [1.29, 1.82) is 0 Å². The van der Waals surface area contributed by atoms with E-state index in [1.54, 1.807) is 0 Å². The van der Waals surface area contributed by atoms with E-state index in [0.717, 1.165) is 32.7 Å². The molecule has 4 heteroatoms. The summed E-state index contributed by atoms with van der Waals surface area (Å²) < 4.78 is 3.11. The summed E-state index contributed by atoms with van der Waals surface area (Å²) in [4.78, 5) is 0. The third-order valence-electron chi connectivity index (χ3n) is 4.51. The van der Waals surface area contributed by atoms with Crippen molar-refractivity contribution in [1.82, 2.24) is 0 Å². The highest BCUT2D eigenvalue weighted by molar-refractivity contribution is 4.84. The van der Waals surface area contributed by atoms with Gasteiger partial charge in [-0.1, -0.05) is 0 Å². The van der Waals surface area contributed by atoms with Crippen LogP contribution in [0.15, 0.2) is 0 Å². The van der Waals surface area contributed by atoms with Gasteiger partial charge in [-0.05, 0) is 38.5 Å². The van der Waals surface area contributed by atoms with Crippen LogP contribution < -0.4 is 5.73 Å². The lowest BCUT2D eigenvalue weighted by molar-refractivity contribution is -0.871. The Morgan fingerprint density at radius 3 is 0.913 bits per heavy atom. The van der Waals surface area contributed by atoms with E-state index in [0.29, 0.717) is 0 Å². The molecule has 2 N–H and O–H groups in total. The van der Waals surface area contributed by atoms with E-state index in [4.69, 9.17) is 5.73 Å². The monoisotopic (exact) mass is 331 g/mol. The van der Waals surface area contributed by atoms with E-state index >= 15 is 0 Å². The molecule has 140 valence electrons. The zero-order valence-electron chi connectivity index (χ0n) is 17.8. The molecule has 0 aromatic carbocycles. The lowest BCUT2D eigenvalue weighted by atomic mass is 9.84. The Bertz CT molecular complexity index is 267. The Kier molecular flexibility index (Phi) is 8.73. The molecule has 0 spiro atoms. The third kappa shape index (κ3) is 15.1. The highest BCUT2D eigenvalue weighted by Crippen LogP contribution is 2.24. The molecule has 0 unspecified atom stereocenters. The predicted molar refractivity (Wildman–Crippen MR) is 103 cm³/mol. The number of quaternary nitrogens is 3. The largest absolute Gasteiger partial charge is 0.331 e. The van der Waals surface area contributed by atoms with Gasteiger partial charge in [0.2, 0.25) is 0 Å². The fourth-order valence-corrected chi connectivity index (χ4v) is 3.09. The van der Waals surface area contributed by atoms with Gasteiger partial charge in [-0.3, -0.25) is 0 Å². The van der Waals surface area contributed by atoms with Crippen molar-refractivity contribution < 1.29 is 13.4 Å². The molecule has 0 saturated heterocycles. The Hall–Kier alpha value is -0.160. The molecule has 4 nitrogen and oxygen atoms in total. The minimum atomic E-state index is 0.0273. The van der Waals surface area contributed by atoms with Gasteiger partial charge >= 0.3 is 0 Å². The highest BCUT2D eigenvalue weighted by atomic mass is 15.3. The number of hydrogen-bond donors (Lipinski definition) is 1. The number of rotatable bonds is 12. The van der Waals surface area contributed by atoms with Gasteiger partial charge in [0.25, 0.3) is 0 Å². The minimum Gasteiger partial charge on any atom is -0.331 e. The van der Waals surface area contributed by atoms with E-state index in [1.165, 1.54) is 38.9 Å². The van der Waals surface area contributed by atoms with Crippen LogP contribution in [0.1, 0.15) is 38.5 Å². The summed E-state index contributed by atoms with van der Waals surface area (Å²) in [6.45, 7) is 3.64. The van der Waals surface area contributed by atoms with Crippen molar-refractivity contribution in [3.8, 4) is 0 Å². The molecule has 0 bridgehead atoms. The van der Waals surface area contributed by atoms with Gasteiger partial charge in [-0.15, -0.1) is 0 Å². The molecule has 0 heterocycles. The van der Waals surface area contributed by atoms with E-state index in [-0.39, 0.29) is 5.54 Å². The van der Waals surface area contributed by atoms with Gasteiger partial charge in [0.15, 0.2) is 0 Å². The minimum absolute atomic E-state index is 0.0273. The van der Waals surface area contributed by atoms with Gasteiger partial charge in [0.1, 0.15) is 0 Å². The van der Waals surface area contributed by atoms with E-state index in [9.17, 15) is 0 Å². The molecule has 0 atom stereocenters. The summed E-state index contributed by atoms with van der Waals surface area (Å²) >= 11 is 0. The molecule has 0 fully saturated rings. The van der Waals surface area contributed by atoms with Gasteiger partial charge in [0, 0.05) is 5.54 Å². The number of hydrogen-bond acceptors (Lipinski definition) is 1. The molecule has 0 rings (SSSR count). The molecule has 23 heavy (non-hydrogen) atoms. The van der Waals surface area contributed by atoms with Crippen LogP contribution in [-0.4, -0.2) is 102 Å². The summed E-state index contributed by atoms with van der Waals surface area (Å²) in [5.41, 5.74) is 6.89. The average molecular weight is 332 g/mol. The van der Waals surface area contributed by atoms with Crippen molar-refractivity contribution in [3.05, 3.63) is 0 Å². The molecule has 0 aliphatic carbocycles. The van der Waals surface area contributed by atoms with Crippen LogP contribution in [0.3, 0.4) is 0 Å². The van der Waals surface area contributed by atoms with Crippen molar-refractivity contribution in [3.63, 3.8) is 0 Å². The second-order valence-electron chi connectivity index (χ2n) is 10.7. The Balaban J connectivity index is 4.50. The van der Waals surface area contributed by atoms with Crippen LogP contribution in [0.2, 0.25) is 0 Å².